The summed E-state index contributed by atoms with van der Waals surface area (Å²) in [6.45, 7) is 14.7. The third kappa shape index (κ3) is 17.9. The molecule has 102 heavy (non-hydrogen) atoms. The summed E-state index contributed by atoms with van der Waals surface area (Å²) in [6.07, 6.45) is 15.7. The fourth-order valence-electron chi connectivity index (χ4n) is 12.5. The fraction of sp³-hybridized carbons (Fsp3) is 0.130. The lowest BCUT2D eigenvalue weighted by molar-refractivity contribution is -0.660. The minimum atomic E-state index is 0.806. The third-order valence-electron chi connectivity index (χ3n) is 18.1. The molecular formula is C92H89N10+5. The predicted molar refractivity (Wildman–Crippen MR) is 415 cm³/mol. The van der Waals surface area contributed by atoms with Crippen LogP contribution >= 0.6 is 0 Å². The molecule has 0 aliphatic carbocycles. The van der Waals surface area contributed by atoms with Crippen LogP contribution in [0, 0.1) is 48.5 Å². The van der Waals surface area contributed by atoms with Crippen LogP contribution in [0.2, 0.25) is 0 Å². The van der Waals surface area contributed by atoms with Crippen molar-refractivity contribution in [3.8, 4) is 112 Å². The van der Waals surface area contributed by atoms with Crippen molar-refractivity contribution in [3.05, 3.63) is 362 Å². The first kappa shape index (κ1) is 70.9. The van der Waals surface area contributed by atoms with Gasteiger partial charge in [-0.15, -0.1) is 0 Å². The van der Waals surface area contributed by atoms with Crippen LogP contribution in [0.3, 0.4) is 0 Å². The van der Waals surface area contributed by atoms with Crippen molar-refractivity contribution in [2.24, 2.45) is 35.2 Å². The second-order valence-corrected chi connectivity index (χ2v) is 25.6. The van der Waals surface area contributed by atoms with E-state index in [1.165, 1.54) is 106 Å². The number of aromatic nitrogens is 10. The van der Waals surface area contributed by atoms with E-state index < -0.39 is 0 Å². The first-order chi connectivity index (χ1) is 49.6. The predicted octanol–water partition coefficient (Wildman–Crippen LogP) is 18.4. The van der Waals surface area contributed by atoms with Gasteiger partial charge in [0, 0.05) is 100.0 Å². The van der Waals surface area contributed by atoms with E-state index in [2.05, 4.69) is 391 Å². The molecule has 8 heterocycles. The Balaban J connectivity index is 0.000000128. The lowest BCUT2D eigenvalue weighted by Gasteiger charge is -2.06. The second kappa shape index (κ2) is 33.9. The van der Waals surface area contributed by atoms with E-state index in [0.717, 1.165) is 45.3 Å². The fourth-order valence-corrected chi connectivity index (χ4v) is 12.5. The summed E-state index contributed by atoms with van der Waals surface area (Å²) in [7, 11) is 10.4. The van der Waals surface area contributed by atoms with Crippen LogP contribution in [0.4, 0.5) is 0 Å². The molecule has 0 bridgehead atoms. The van der Waals surface area contributed by atoms with Crippen molar-refractivity contribution >= 4 is 0 Å². The zero-order chi connectivity index (χ0) is 71.5. The molecule has 7 aromatic carbocycles. The van der Waals surface area contributed by atoms with Crippen LogP contribution in [0.25, 0.3) is 112 Å². The number of hydrogen-bond donors (Lipinski definition) is 0. The summed E-state index contributed by atoms with van der Waals surface area (Å²) < 4.78 is 10.8. The van der Waals surface area contributed by atoms with Crippen molar-refractivity contribution in [1.82, 2.24) is 24.9 Å². The first-order valence-corrected chi connectivity index (χ1v) is 34.5. The number of nitrogens with zero attached hydrogens (tertiary/aromatic N) is 10. The maximum absolute atomic E-state index is 4.54. The molecule has 0 saturated carbocycles. The normalized spacial score (nSPS) is 10.5. The smallest absolute Gasteiger partial charge is 0.213 e. The maximum Gasteiger partial charge on any atom is 0.213 e. The molecule has 0 amide bonds. The van der Waals surface area contributed by atoms with Gasteiger partial charge < -0.3 is 0 Å². The van der Waals surface area contributed by atoms with Gasteiger partial charge in [-0.3, -0.25) is 4.98 Å². The molecule has 15 aromatic rings. The summed E-state index contributed by atoms with van der Waals surface area (Å²) in [5, 5.41) is 0. The molecule has 0 spiro atoms. The molecule has 502 valence electrons. The van der Waals surface area contributed by atoms with Gasteiger partial charge in [0.15, 0.2) is 31.0 Å². The highest BCUT2D eigenvalue weighted by atomic mass is 14.9. The second-order valence-electron chi connectivity index (χ2n) is 25.6. The minimum absolute atomic E-state index is 0.806. The molecule has 0 radical (unpaired) electrons. The van der Waals surface area contributed by atoms with Gasteiger partial charge in [0.2, 0.25) is 28.5 Å². The van der Waals surface area contributed by atoms with Gasteiger partial charge in [-0.2, -0.15) is 0 Å². The maximum atomic E-state index is 4.54. The van der Waals surface area contributed by atoms with E-state index in [9.17, 15) is 0 Å². The molecule has 10 nitrogen and oxygen atoms in total. The molecule has 0 fully saturated rings. The van der Waals surface area contributed by atoms with Gasteiger partial charge in [-0.05, 0) is 165 Å². The highest BCUT2D eigenvalue weighted by Gasteiger charge is 2.19. The first-order valence-electron chi connectivity index (χ1n) is 34.5. The topological polar surface area (TPSA) is 83.9 Å². The molecule has 0 unspecified atom stereocenters. The Hall–Kier alpha value is -12.4. The minimum Gasteiger partial charge on any atom is -0.256 e. The van der Waals surface area contributed by atoms with Crippen LogP contribution in [-0.4, -0.2) is 24.9 Å². The van der Waals surface area contributed by atoms with Gasteiger partial charge in [-0.25, -0.2) is 42.8 Å². The average molecular weight is 1330 g/mol. The van der Waals surface area contributed by atoms with Crippen LogP contribution in [0.5, 0.6) is 0 Å². The van der Waals surface area contributed by atoms with Crippen LogP contribution in [0.15, 0.2) is 323 Å². The van der Waals surface area contributed by atoms with Crippen molar-refractivity contribution in [2.75, 3.05) is 0 Å². The summed E-state index contributed by atoms with van der Waals surface area (Å²) in [5.74, 6) is 0.806. The number of hydrogen-bond acceptors (Lipinski definition) is 5. The molecular weight excluding hydrogens is 1250 g/mol. The van der Waals surface area contributed by atoms with Crippen molar-refractivity contribution in [1.29, 1.82) is 0 Å². The van der Waals surface area contributed by atoms with Crippen LogP contribution in [-0.2, 0) is 35.2 Å². The van der Waals surface area contributed by atoms with Gasteiger partial charge in [0.05, 0.1) is 28.2 Å². The Bertz CT molecular complexity index is 4980. The molecule has 0 N–H and O–H groups in total. The van der Waals surface area contributed by atoms with Crippen LogP contribution < -0.4 is 22.8 Å². The van der Waals surface area contributed by atoms with E-state index in [0.29, 0.717) is 0 Å². The highest BCUT2D eigenvalue weighted by molar-refractivity contribution is 5.73. The monoisotopic (exact) mass is 1330 g/mol. The summed E-state index contributed by atoms with van der Waals surface area (Å²) in [4.78, 5) is 21.5. The lowest BCUT2D eigenvalue weighted by Crippen LogP contribution is -2.31. The largest absolute Gasteiger partial charge is 0.256 e. The number of rotatable bonds is 10. The van der Waals surface area contributed by atoms with Gasteiger partial charge in [0.25, 0.3) is 0 Å². The van der Waals surface area contributed by atoms with E-state index in [1.54, 1.807) is 12.5 Å². The Labute approximate surface area is 602 Å². The highest BCUT2D eigenvalue weighted by Crippen LogP contribution is 2.30. The lowest BCUT2D eigenvalue weighted by atomic mass is 10.0. The van der Waals surface area contributed by atoms with E-state index in [1.807, 2.05) is 50.4 Å². The standard InChI is InChI=1S/C19H20N3.2C19H18N.C18H17N2.C17H16N3/c1-13-7-5-6-8-17(13)19-10-9-16(12-22(19)4)18-11-14(2)20-15(3)21-18;2*1-15-8-6-7-11-18(15)19-14-17(12-13-20(19)2)16-9-4-3-5-10-16;1-14-7-3-4-8-16(14)18-13-15(10-12-20(18)2)17-9-5-6-11-19-17;1-13-5-3-4-6-15(13)17-8-7-14(11-20(17)2)16-9-10-18-12-19-16/h5-12H,1-4H3;2*3-14H,1-2H3;3-13H,1-2H3;3-12H,1-2H3/q5*+1. The van der Waals surface area contributed by atoms with Crippen LogP contribution in [0.1, 0.15) is 39.3 Å². The van der Waals surface area contributed by atoms with E-state index in [-0.39, 0.29) is 0 Å². The zero-order valence-electron chi connectivity index (χ0n) is 60.6. The molecule has 0 saturated heterocycles. The Morgan fingerprint density at radius 2 is 0.608 bits per heavy atom. The number of benzene rings is 7. The molecule has 0 atom stereocenters. The molecule has 0 aliphatic rings. The van der Waals surface area contributed by atoms with E-state index >= 15 is 0 Å². The summed E-state index contributed by atoms with van der Waals surface area (Å²) in [5.41, 5.74) is 31.1. The SMILES string of the molecule is Cc1cc(-c2ccc(-c3ccccc3C)[n+](C)c2)nc(C)n1.Cc1ccccc1-c1cc(-c2ccccc2)cc[n+]1C.Cc1ccccc1-c1cc(-c2ccccc2)cc[n+]1C.Cc1ccccc1-c1cc(-c2ccccn2)cc[n+]1C.Cc1ccccc1-c1ccc(-c2ccncn2)c[n+]1C. The third-order valence-corrected chi connectivity index (χ3v) is 18.1. The Morgan fingerprint density at radius 3 is 0.980 bits per heavy atom. The summed E-state index contributed by atoms with van der Waals surface area (Å²) in [6, 6.07) is 95.0. The Morgan fingerprint density at radius 1 is 0.245 bits per heavy atom. The van der Waals surface area contributed by atoms with Crippen molar-refractivity contribution < 1.29 is 22.8 Å². The average Bonchev–Trinajstić information content (AvgIpc) is 0.830. The quantitative estimate of drug-likeness (QED) is 0.127. The molecule has 8 aromatic heterocycles. The zero-order valence-corrected chi connectivity index (χ0v) is 60.6. The number of pyridine rings is 6. The van der Waals surface area contributed by atoms with Gasteiger partial charge in [-0.1, -0.05) is 158 Å². The van der Waals surface area contributed by atoms with E-state index in [4.69, 9.17) is 0 Å². The van der Waals surface area contributed by atoms with Gasteiger partial charge >= 0.3 is 0 Å². The Kier molecular flexibility index (Phi) is 23.6. The molecule has 0 aliphatic heterocycles. The number of aryl methyl sites for hydroxylation is 12. The molecule has 15 rings (SSSR count). The molecule has 10 heteroatoms. The van der Waals surface area contributed by atoms with Crippen molar-refractivity contribution in [2.45, 2.75) is 48.5 Å². The summed E-state index contributed by atoms with van der Waals surface area (Å²) >= 11 is 0. The van der Waals surface area contributed by atoms with Gasteiger partial charge in [0.1, 0.15) is 47.4 Å². The van der Waals surface area contributed by atoms with Crippen molar-refractivity contribution in [3.63, 3.8) is 0 Å².